The van der Waals surface area contributed by atoms with Gasteiger partial charge in [-0.1, -0.05) is 4.98 Å². The molecular formula is C14H19N6O3S2+. The average molecular weight is 383 g/mol. The van der Waals surface area contributed by atoms with Crippen molar-refractivity contribution < 1.29 is 19.3 Å². The highest BCUT2D eigenvalue weighted by Gasteiger charge is 2.51. The van der Waals surface area contributed by atoms with Crippen molar-refractivity contribution >= 4 is 47.0 Å². The van der Waals surface area contributed by atoms with Gasteiger partial charge in [-0.15, -0.1) is 11.8 Å². The Labute approximate surface area is 152 Å². The molecule has 3 heterocycles. The zero-order valence-electron chi connectivity index (χ0n) is 13.5. The lowest BCUT2D eigenvalue weighted by atomic mass is 10.0. The molecule has 0 radical (unpaired) electrons. The van der Waals surface area contributed by atoms with Crippen molar-refractivity contribution in [1.29, 1.82) is 0 Å². The second-order valence-corrected chi connectivity index (χ2v) is 7.66. The minimum atomic E-state index is -1.12. The van der Waals surface area contributed by atoms with Gasteiger partial charge in [0, 0.05) is 11.5 Å². The molecule has 1 amide bonds. The van der Waals surface area contributed by atoms with Crippen LogP contribution >= 0.6 is 23.5 Å². The van der Waals surface area contributed by atoms with Gasteiger partial charge in [0.05, 0.1) is 12.6 Å². The summed E-state index contributed by atoms with van der Waals surface area (Å²) in [7, 11) is 0. The Kier molecular flexibility index (Phi) is 4.80. The van der Waals surface area contributed by atoms with Gasteiger partial charge >= 0.3 is 11.1 Å². The lowest BCUT2D eigenvalue weighted by molar-refractivity contribution is -0.719. The Hall–Kier alpha value is -1.98. The summed E-state index contributed by atoms with van der Waals surface area (Å²) in [4.78, 5) is 29.2. The Morgan fingerprint density at radius 2 is 2.28 bits per heavy atom. The molecule has 1 aromatic heterocycles. The maximum Gasteiger partial charge on any atom is 0.352 e. The minimum Gasteiger partial charge on any atom is -0.477 e. The van der Waals surface area contributed by atoms with Gasteiger partial charge in [-0.05, 0) is 24.3 Å². The molecule has 134 valence electrons. The first-order chi connectivity index (χ1) is 11.8. The van der Waals surface area contributed by atoms with Crippen LogP contribution in [-0.2, 0) is 16.1 Å². The van der Waals surface area contributed by atoms with Crippen LogP contribution in [0.1, 0.15) is 6.92 Å². The number of thioether (sulfide) groups is 2. The number of nitrogens with zero attached hydrogens (tertiary/aromatic N) is 3. The Balaban J connectivity index is 1.87. The van der Waals surface area contributed by atoms with Gasteiger partial charge in [0.2, 0.25) is 17.5 Å². The van der Waals surface area contributed by atoms with Crippen LogP contribution in [-0.4, -0.2) is 49.8 Å². The first-order valence-corrected chi connectivity index (χ1v) is 9.62. The number of nitrogens with two attached hydrogens (primary N) is 3. The van der Waals surface area contributed by atoms with Gasteiger partial charge in [0.15, 0.2) is 0 Å². The minimum absolute atomic E-state index is 0.0304. The Morgan fingerprint density at radius 3 is 2.92 bits per heavy atom. The lowest BCUT2D eigenvalue weighted by Gasteiger charge is -2.48. The smallest absolute Gasteiger partial charge is 0.352 e. The highest BCUT2D eigenvalue weighted by atomic mass is 32.2. The molecular weight excluding hydrogens is 364 g/mol. The van der Waals surface area contributed by atoms with Crippen LogP contribution in [0.3, 0.4) is 0 Å². The number of carboxylic acid groups (broad SMARTS) is 1. The fraction of sp³-hybridized carbons (Fsp3) is 0.429. The van der Waals surface area contributed by atoms with E-state index in [-0.39, 0.29) is 17.0 Å². The van der Waals surface area contributed by atoms with Crippen molar-refractivity contribution in [2.45, 2.75) is 30.0 Å². The summed E-state index contributed by atoms with van der Waals surface area (Å²) in [6.07, 6.45) is 0. The second-order valence-electron chi connectivity index (χ2n) is 5.61. The van der Waals surface area contributed by atoms with Crippen molar-refractivity contribution in [2.24, 2.45) is 5.73 Å². The van der Waals surface area contributed by atoms with Gasteiger partial charge in [0.25, 0.3) is 0 Å². The molecule has 1 saturated heterocycles. The average Bonchev–Trinajstić information content (AvgIpc) is 2.57. The molecule has 2 aliphatic rings. The van der Waals surface area contributed by atoms with Gasteiger partial charge in [-0.25, -0.2) is 9.36 Å². The molecule has 2 aliphatic heterocycles. The summed E-state index contributed by atoms with van der Waals surface area (Å²) in [5, 5.41) is 9.86. The molecule has 11 heteroatoms. The number of anilines is 2. The number of rotatable bonds is 5. The van der Waals surface area contributed by atoms with Crippen LogP contribution in [0.15, 0.2) is 22.5 Å². The fourth-order valence-corrected chi connectivity index (χ4v) is 5.34. The van der Waals surface area contributed by atoms with E-state index in [1.54, 1.807) is 10.6 Å². The number of fused-ring (bicyclic) bond motifs is 1. The summed E-state index contributed by atoms with van der Waals surface area (Å²) >= 11 is 2.82. The maximum absolute atomic E-state index is 12.0. The molecule has 0 bridgehead atoms. The third kappa shape index (κ3) is 3.02. The van der Waals surface area contributed by atoms with Crippen LogP contribution in [0, 0.1) is 0 Å². The van der Waals surface area contributed by atoms with E-state index in [1.807, 2.05) is 6.92 Å². The normalized spacial score (nSPS) is 22.6. The molecule has 3 rings (SSSR count). The lowest BCUT2D eigenvalue weighted by Crippen LogP contribution is -2.68. The van der Waals surface area contributed by atoms with Crippen LogP contribution in [0.4, 0.5) is 11.6 Å². The highest BCUT2D eigenvalue weighted by Crippen LogP contribution is 2.40. The van der Waals surface area contributed by atoms with Gasteiger partial charge in [-0.3, -0.25) is 9.69 Å². The molecule has 0 aromatic carbocycles. The van der Waals surface area contributed by atoms with Crippen molar-refractivity contribution in [1.82, 2.24) is 9.88 Å². The zero-order chi connectivity index (χ0) is 18.3. The van der Waals surface area contributed by atoms with E-state index in [1.165, 1.54) is 28.4 Å². The maximum atomic E-state index is 12.0. The van der Waals surface area contributed by atoms with E-state index in [9.17, 15) is 14.7 Å². The molecule has 0 saturated carbocycles. The van der Waals surface area contributed by atoms with Crippen molar-refractivity contribution in [3.8, 4) is 0 Å². The highest BCUT2D eigenvalue weighted by molar-refractivity contribution is 8.01. The SMILES string of the molecule is CC[n+]1c(N)cc(N)nc1SCC1=C(C(=O)O)N2C(=O)C(N)[C@H]2SC1. The fourth-order valence-electron chi connectivity index (χ4n) is 2.81. The van der Waals surface area contributed by atoms with Crippen molar-refractivity contribution in [2.75, 3.05) is 23.0 Å². The molecule has 7 N–H and O–H groups in total. The van der Waals surface area contributed by atoms with E-state index in [0.717, 1.165) is 0 Å². The number of aliphatic carboxylic acids is 1. The van der Waals surface area contributed by atoms with Crippen molar-refractivity contribution in [3.63, 3.8) is 0 Å². The third-order valence-corrected chi connectivity index (χ3v) is 6.47. The molecule has 1 unspecified atom stereocenters. The molecule has 1 fully saturated rings. The summed E-state index contributed by atoms with van der Waals surface area (Å²) < 4.78 is 1.80. The van der Waals surface area contributed by atoms with Crippen LogP contribution in [0.2, 0.25) is 0 Å². The topological polar surface area (TPSA) is 152 Å². The third-order valence-electron chi connectivity index (χ3n) is 4.05. The number of carboxylic acids is 1. The number of carbonyl (C=O) groups is 2. The molecule has 0 spiro atoms. The van der Waals surface area contributed by atoms with E-state index >= 15 is 0 Å². The first-order valence-electron chi connectivity index (χ1n) is 7.59. The molecule has 9 nitrogen and oxygen atoms in total. The van der Waals surface area contributed by atoms with Crippen LogP contribution in [0.25, 0.3) is 0 Å². The number of β-lactam (4-membered cyclic amide) rings is 1. The molecule has 25 heavy (non-hydrogen) atoms. The summed E-state index contributed by atoms with van der Waals surface area (Å²) in [6.45, 7) is 2.55. The first kappa shape index (κ1) is 17.8. The number of amides is 1. The Bertz CT molecular complexity index is 784. The standard InChI is InChI=1S/C14H18N6O3S2/c1-2-19-8(16)3-7(15)18-14(19)25-5-6-4-24-12-9(17)11(21)20(12)10(6)13(22)23/h3,9,12H,2,4-5,17H2,1H3,(H4,15,16,22,23)/p+1/t9?,12-/m1/s1. The van der Waals surface area contributed by atoms with Crippen LogP contribution < -0.4 is 21.8 Å². The van der Waals surface area contributed by atoms with Crippen LogP contribution in [0.5, 0.6) is 0 Å². The largest absolute Gasteiger partial charge is 0.477 e. The van der Waals surface area contributed by atoms with E-state index in [4.69, 9.17) is 17.2 Å². The quantitative estimate of drug-likeness (QED) is 0.222. The predicted molar refractivity (Wildman–Crippen MR) is 95.4 cm³/mol. The number of nitrogen functional groups attached to an aromatic ring is 2. The Morgan fingerprint density at radius 1 is 1.56 bits per heavy atom. The number of aromatic nitrogens is 2. The summed E-state index contributed by atoms with van der Waals surface area (Å²) in [6, 6.07) is 0.947. The predicted octanol–water partition coefficient (Wildman–Crippen LogP) is -0.773. The number of carbonyl (C=O) groups excluding carboxylic acids is 1. The van der Waals surface area contributed by atoms with Crippen molar-refractivity contribution in [3.05, 3.63) is 17.3 Å². The summed E-state index contributed by atoms with van der Waals surface area (Å²) in [5.41, 5.74) is 18.1. The number of hydrogen-bond donors (Lipinski definition) is 4. The van der Waals surface area contributed by atoms with E-state index < -0.39 is 12.0 Å². The van der Waals surface area contributed by atoms with Gasteiger partial charge in [0.1, 0.15) is 17.1 Å². The van der Waals surface area contributed by atoms with Gasteiger partial charge in [-0.2, -0.15) is 0 Å². The van der Waals surface area contributed by atoms with E-state index in [2.05, 4.69) is 4.98 Å². The number of hydrogen-bond acceptors (Lipinski definition) is 8. The molecule has 1 aromatic rings. The molecule has 2 atom stereocenters. The van der Waals surface area contributed by atoms with Gasteiger partial charge < -0.3 is 22.3 Å². The van der Waals surface area contributed by atoms with E-state index in [0.29, 0.717) is 40.4 Å². The second kappa shape index (κ2) is 6.73. The molecule has 0 aliphatic carbocycles. The summed E-state index contributed by atoms with van der Waals surface area (Å²) in [5.74, 6) is 0.194. The monoisotopic (exact) mass is 383 g/mol. The zero-order valence-corrected chi connectivity index (χ0v) is 15.1.